The lowest BCUT2D eigenvalue weighted by molar-refractivity contribution is -0.124. The minimum Gasteiger partial charge on any atom is -0.393 e. The first kappa shape index (κ1) is 41.0. The van der Waals surface area contributed by atoms with Gasteiger partial charge in [0.1, 0.15) is 0 Å². The Morgan fingerprint density at radius 1 is 0.643 bits per heavy atom. The van der Waals surface area contributed by atoms with E-state index in [9.17, 15) is 28.0 Å². The van der Waals surface area contributed by atoms with Gasteiger partial charge in [-0.3, -0.25) is 9.35 Å². The van der Waals surface area contributed by atoms with Crippen LogP contribution in [0.25, 0.3) is 0 Å². The summed E-state index contributed by atoms with van der Waals surface area (Å²) in [7, 11) is -4.38. The van der Waals surface area contributed by atoms with E-state index in [1.807, 2.05) is 6.08 Å². The van der Waals surface area contributed by atoms with Crippen LogP contribution < -0.4 is 5.32 Å². The standard InChI is InChI=1S/C34H67NO6S/c1-29(2)23-19-15-11-7-5-9-13-17-21-25-31(36)27-34(38)35-32(28-42(39,40)41)33(37)26-22-18-14-10-6-8-12-16-20-24-30(3)4/h13,17,29-33,36-37H,5-12,14-16,18-28H2,1-4H3,(H,35,38)(H,39,40,41)/b17-13-. The Labute approximate surface area is 259 Å². The molecule has 0 rings (SSSR count). The van der Waals surface area contributed by atoms with Gasteiger partial charge in [0.05, 0.1) is 30.4 Å². The van der Waals surface area contributed by atoms with Crippen molar-refractivity contribution in [3.63, 3.8) is 0 Å². The predicted octanol–water partition coefficient (Wildman–Crippen LogP) is 8.14. The molecule has 0 radical (unpaired) electrons. The molecule has 0 bridgehead atoms. The molecule has 0 aromatic heterocycles. The van der Waals surface area contributed by atoms with Gasteiger partial charge in [-0.15, -0.1) is 0 Å². The molecule has 7 nitrogen and oxygen atoms in total. The molecule has 0 saturated carbocycles. The number of carbonyl (C=O) groups is 1. The minimum atomic E-state index is -4.38. The first-order valence-corrected chi connectivity index (χ1v) is 18.8. The summed E-state index contributed by atoms with van der Waals surface area (Å²) in [5.74, 6) is 0.300. The van der Waals surface area contributed by atoms with Crippen LogP contribution in [0.2, 0.25) is 0 Å². The Balaban J connectivity index is 4.15. The maximum Gasteiger partial charge on any atom is 0.266 e. The zero-order valence-electron chi connectivity index (χ0n) is 27.6. The van der Waals surface area contributed by atoms with E-state index in [-0.39, 0.29) is 6.42 Å². The van der Waals surface area contributed by atoms with Crippen LogP contribution in [0.1, 0.15) is 163 Å². The van der Waals surface area contributed by atoms with Gasteiger partial charge < -0.3 is 15.5 Å². The number of unbranched alkanes of at least 4 members (excludes halogenated alkanes) is 13. The van der Waals surface area contributed by atoms with Crippen LogP contribution in [0.15, 0.2) is 12.2 Å². The van der Waals surface area contributed by atoms with Gasteiger partial charge in [0.25, 0.3) is 10.1 Å². The SMILES string of the molecule is CC(C)CCCCCCC/C=C\CCC(O)CC(=O)NC(CS(=O)(=O)O)C(O)CCCCCCCCCCCC(C)C. The second kappa shape index (κ2) is 26.4. The van der Waals surface area contributed by atoms with Gasteiger partial charge in [-0.25, -0.2) is 0 Å². The fourth-order valence-corrected chi connectivity index (χ4v) is 6.03. The number of aliphatic hydroxyl groups excluding tert-OH is 2. The molecule has 0 aliphatic heterocycles. The number of carbonyl (C=O) groups excluding carboxylic acids is 1. The molecule has 8 heteroatoms. The van der Waals surface area contributed by atoms with Crippen LogP contribution in [-0.2, 0) is 14.9 Å². The number of rotatable bonds is 29. The molecule has 0 aromatic carbocycles. The normalized spacial score (nSPS) is 14.6. The molecule has 0 aliphatic carbocycles. The molecule has 0 fully saturated rings. The summed E-state index contributed by atoms with van der Waals surface area (Å²) in [5.41, 5.74) is 0. The zero-order valence-corrected chi connectivity index (χ0v) is 28.4. The average Bonchev–Trinajstić information content (AvgIpc) is 2.88. The third-order valence-corrected chi connectivity index (χ3v) is 8.67. The number of hydrogen-bond donors (Lipinski definition) is 4. The number of nitrogens with one attached hydrogen (secondary N) is 1. The minimum absolute atomic E-state index is 0.170. The molecule has 4 N–H and O–H groups in total. The van der Waals surface area contributed by atoms with Crippen molar-refractivity contribution in [1.82, 2.24) is 5.32 Å². The summed E-state index contributed by atoms with van der Waals surface area (Å²) in [6, 6.07) is -1.10. The van der Waals surface area contributed by atoms with E-state index in [4.69, 9.17) is 0 Å². The molecule has 3 unspecified atom stereocenters. The van der Waals surface area contributed by atoms with E-state index in [1.165, 1.54) is 77.0 Å². The summed E-state index contributed by atoms with van der Waals surface area (Å²) < 4.78 is 32.3. The highest BCUT2D eigenvalue weighted by atomic mass is 32.2. The van der Waals surface area contributed by atoms with Crippen LogP contribution >= 0.6 is 0 Å². The van der Waals surface area contributed by atoms with Crippen molar-refractivity contribution >= 4 is 16.0 Å². The van der Waals surface area contributed by atoms with Gasteiger partial charge in [0, 0.05) is 0 Å². The first-order chi connectivity index (χ1) is 19.9. The first-order valence-electron chi connectivity index (χ1n) is 17.2. The Kier molecular flexibility index (Phi) is 25.8. The Hall–Kier alpha value is -0.960. The molecular weight excluding hydrogens is 550 g/mol. The van der Waals surface area contributed by atoms with Crippen LogP contribution in [0.4, 0.5) is 0 Å². The van der Waals surface area contributed by atoms with Crippen molar-refractivity contribution in [3.05, 3.63) is 12.2 Å². The quantitative estimate of drug-likeness (QED) is 0.0382. The molecule has 1 amide bonds. The molecule has 0 aromatic rings. The smallest absolute Gasteiger partial charge is 0.266 e. The Bertz CT molecular complexity index is 768. The summed E-state index contributed by atoms with van der Waals surface area (Å²) in [4.78, 5) is 12.5. The highest BCUT2D eigenvalue weighted by Gasteiger charge is 2.26. The predicted molar refractivity (Wildman–Crippen MR) is 176 cm³/mol. The van der Waals surface area contributed by atoms with Crippen molar-refractivity contribution in [3.8, 4) is 0 Å². The average molecular weight is 618 g/mol. The monoisotopic (exact) mass is 617 g/mol. The molecule has 42 heavy (non-hydrogen) atoms. The fraction of sp³-hybridized carbons (Fsp3) is 0.912. The second-order valence-electron chi connectivity index (χ2n) is 13.3. The van der Waals surface area contributed by atoms with Crippen LogP contribution in [-0.4, -0.2) is 53.1 Å². The van der Waals surface area contributed by atoms with Crippen molar-refractivity contribution < 1.29 is 28.0 Å². The summed E-state index contributed by atoms with van der Waals surface area (Å²) >= 11 is 0. The van der Waals surface area contributed by atoms with Gasteiger partial charge in [-0.05, 0) is 43.9 Å². The largest absolute Gasteiger partial charge is 0.393 e. The Morgan fingerprint density at radius 3 is 1.55 bits per heavy atom. The van der Waals surface area contributed by atoms with Gasteiger partial charge in [-0.1, -0.05) is 136 Å². The lowest BCUT2D eigenvalue weighted by Gasteiger charge is -2.24. The molecule has 0 saturated heterocycles. The van der Waals surface area contributed by atoms with Crippen molar-refractivity contribution in [2.75, 3.05) is 5.75 Å². The molecule has 3 atom stereocenters. The zero-order chi connectivity index (χ0) is 31.6. The van der Waals surface area contributed by atoms with Gasteiger partial charge in [0.2, 0.25) is 5.91 Å². The third-order valence-electron chi connectivity index (χ3n) is 7.89. The summed E-state index contributed by atoms with van der Waals surface area (Å²) in [5, 5.41) is 23.4. The number of hydrogen-bond acceptors (Lipinski definition) is 5. The van der Waals surface area contributed by atoms with Crippen molar-refractivity contribution in [2.45, 2.75) is 181 Å². The number of allylic oxidation sites excluding steroid dienone is 2. The highest BCUT2D eigenvalue weighted by Crippen LogP contribution is 2.16. The van der Waals surface area contributed by atoms with Gasteiger partial charge in [-0.2, -0.15) is 8.42 Å². The summed E-state index contributed by atoms with van der Waals surface area (Å²) in [6.07, 6.45) is 23.7. The maximum absolute atomic E-state index is 12.5. The van der Waals surface area contributed by atoms with Crippen molar-refractivity contribution in [2.24, 2.45) is 11.8 Å². The van der Waals surface area contributed by atoms with Gasteiger partial charge >= 0.3 is 0 Å². The van der Waals surface area contributed by atoms with Gasteiger partial charge in [0.15, 0.2) is 0 Å². The van der Waals surface area contributed by atoms with E-state index in [0.29, 0.717) is 19.3 Å². The van der Waals surface area contributed by atoms with Crippen molar-refractivity contribution in [1.29, 1.82) is 0 Å². The summed E-state index contributed by atoms with van der Waals surface area (Å²) in [6.45, 7) is 9.06. The number of amides is 1. The van der Waals surface area contributed by atoms with E-state index < -0.39 is 40.0 Å². The molecular formula is C34H67NO6S. The van der Waals surface area contributed by atoms with E-state index >= 15 is 0 Å². The van der Waals surface area contributed by atoms with Crippen LogP contribution in [0.3, 0.4) is 0 Å². The number of aliphatic hydroxyl groups is 2. The van der Waals surface area contributed by atoms with E-state index in [1.54, 1.807) is 0 Å². The fourth-order valence-electron chi connectivity index (χ4n) is 5.27. The topological polar surface area (TPSA) is 124 Å². The molecule has 0 aliphatic rings. The van der Waals surface area contributed by atoms with E-state index in [0.717, 1.165) is 43.9 Å². The second-order valence-corrected chi connectivity index (χ2v) is 14.8. The molecule has 0 spiro atoms. The van der Waals surface area contributed by atoms with Crippen LogP contribution in [0.5, 0.6) is 0 Å². The lowest BCUT2D eigenvalue weighted by atomic mass is 10.0. The van der Waals surface area contributed by atoms with E-state index in [2.05, 4.69) is 39.1 Å². The third kappa shape index (κ3) is 29.1. The molecule has 250 valence electrons. The Morgan fingerprint density at radius 2 is 1.07 bits per heavy atom. The highest BCUT2D eigenvalue weighted by molar-refractivity contribution is 7.85. The molecule has 0 heterocycles. The van der Waals surface area contributed by atoms with Crippen LogP contribution in [0, 0.1) is 11.8 Å². The maximum atomic E-state index is 12.5. The lowest BCUT2D eigenvalue weighted by Crippen LogP contribution is -2.48.